The Morgan fingerprint density at radius 2 is 1.65 bits per heavy atom. The average molecular weight is 554 g/mol. The third-order valence-electron chi connectivity index (χ3n) is 9.14. The lowest BCUT2D eigenvalue weighted by molar-refractivity contribution is -0.134. The van der Waals surface area contributed by atoms with Crippen molar-refractivity contribution in [1.29, 1.82) is 0 Å². The summed E-state index contributed by atoms with van der Waals surface area (Å²) in [6.45, 7) is 4.08. The van der Waals surface area contributed by atoms with Gasteiger partial charge in [0.1, 0.15) is 6.54 Å². The van der Waals surface area contributed by atoms with Gasteiger partial charge in [-0.05, 0) is 72.9 Å². The summed E-state index contributed by atoms with van der Waals surface area (Å²) >= 11 is 6.35. The van der Waals surface area contributed by atoms with Crippen molar-refractivity contribution in [2.24, 2.45) is 5.41 Å². The number of aromatic hydroxyl groups is 1. The van der Waals surface area contributed by atoms with Crippen molar-refractivity contribution in [2.45, 2.75) is 32.2 Å². The second-order valence-corrected chi connectivity index (χ2v) is 11.7. The number of nitrogens with zero attached hydrogens (tertiary/aromatic N) is 5. The van der Waals surface area contributed by atoms with Gasteiger partial charge >= 0.3 is 0 Å². The maximum absolute atomic E-state index is 13.4. The second-order valence-electron chi connectivity index (χ2n) is 11.3. The van der Waals surface area contributed by atoms with Crippen molar-refractivity contribution in [2.75, 3.05) is 31.1 Å². The molecule has 2 fully saturated rings. The van der Waals surface area contributed by atoms with E-state index in [1.54, 1.807) is 10.6 Å². The highest BCUT2D eigenvalue weighted by molar-refractivity contribution is 6.36. The van der Waals surface area contributed by atoms with Crippen LogP contribution in [0.4, 0.5) is 5.69 Å². The number of aromatic nitrogens is 3. The summed E-state index contributed by atoms with van der Waals surface area (Å²) in [5.41, 5.74) is 3.39. The van der Waals surface area contributed by atoms with Crippen LogP contribution < -0.4 is 4.90 Å². The summed E-state index contributed by atoms with van der Waals surface area (Å²) < 4.78 is 3.77. The Morgan fingerprint density at radius 1 is 0.900 bits per heavy atom. The molecule has 8 heteroatoms. The smallest absolute Gasteiger partial charge is 0.242 e. The van der Waals surface area contributed by atoms with Crippen LogP contribution in [0.2, 0.25) is 5.02 Å². The van der Waals surface area contributed by atoms with E-state index < -0.39 is 0 Å². The first kappa shape index (κ1) is 25.0. The van der Waals surface area contributed by atoms with Crippen LogP contribution in [0.1, 0.15) is 25.7 Å². The van der Waals surface area contributed by atoms with Crippen molar-refractivity contribution in [3.8, 4) is 11.6 Å². The van der Waals surface area contributed by atoms with Gasteiger partial charge in [0.25, 0.3) is 0 Å². The lowest BCUT2D eigenvalue weighted by atomic mass is 9.71. The third kappa shape index (κ3) is 4.38. The quantitative estimate of drug-likeness (QED) is 0.286. The number of hydrogen-bond donors (Lipinski definition) is 1. The van der Waals surface area contributed by atoms with Crippen LogP contribution in [0.25, 0.3) is 27.4 Å². The Balaban J connectivity index is 1.03. The zero-order valence-electron chi connectivity index (χ0n) is 22.3. The van der Waals surface area contributed by atoms with Gasteiger partial charge in [-0.25, -0.2) is 0 Å². The molecule has 2 saturated heterocycles. The first-order valence-electron chi connectivity index (χ1n) is 14.0. The Labute approximate surface area is 238 Å². The molecule has 5 heterocycles. The fraction of sp³-hybridized carbons (Fsp3) is 0.312. The van der Waals surface area contributed by atoms with Gasteiger partial charge in [0.15, 0.2) is 0 Å². The molecule has 0 atom stereocenters. The van der Waals surface area contributed by atoms with Gasteiger partial charge in [0.2, 0.25) is 11.8 Å². The largest absolute Gasteiger partial charge is 0.494 e. The van der Waals surface area contributed by atoms with Gasteiger partial charge in [0, 0.05) is 62.0 Å². The Bertz CT molecular complexity index is 1690. The summed E-state index contributed by atoms with van der Waals surface area (Å²) in [6.07, 6.45) is 12.1. The number of hydrogen-bond acceptors (Lipinski definition) is 4. The number of fused-ring (bicyclic) bond motifs is 2. The number of halogens is 1. The van der Waals surface area contributed by atoms with Crippen molar-refractivity contribution in [3.05, 3.63) is 84.4 Å². The molecule has 3 aromatic heterocycles. The number of likely N-dealkylation sites (tertiary alicyclic amines) is 1. The second kappa shape index (κ2) is 9.89. The summed E-state index contributed by atoms with van der Waals surface area (Å²) in [4.78, 5) is 22.1. The number of rotatable bonds is 4. The van der Waals surface area contributed by atoms with Gasteiger partial charge in [-0.1, -0.05) is 29.8 Å². The molecule has 5 aromatic rings. The number of carbonyl (C=O) groups is 1. The summed E-state index contributed by atoms with van der Waals surface area (Å²) in [5.74, 6) is 0.274. The van der Waals surface area contributed by atoms with E-state index >= 15 is 0 Å². The highest BCUT2D eigenvalue weighted by Gasteiger charge is 2.38. The van der Waals surface area contributed by atoms with Gasteiger partial charge in [0.05, 0.1) is 21.6 Å². The minimum atomic E-state index is 0.114. The van der Waals surface area contributed by atoms with Gasteiger partial charge < -0.3 is 19.5 Å². The van der Waals surface area contributed by atoms with Crippen LogP contribution in [-0.4, -0.2) is 56.2 Å². The number of anilines is 1. The number of carbonyl (C=O) groups excluding carboxylic acids is 1. The summed E-state index contributed by atoms with van der Waals surface area (Å²) in [5, 5.41) is 14.0. The van der Waals surface area contributed by atoms with Crippen molar-refractivity contribution < 1.29 is 9.90 Å². The zero-order chi connectivity index (χ0) is 27.3. The molecule has 0 aliphatic carbocycles. The van der Waals surface area contributed by atoms with Gasteiger partial charge in [-0.2, -0.15) is 0 Å². The van der Waals surface area contributed by atoms with E-state index in [1.165, 1.54) is 18.5 Å². The molecule has 1 spiro atoms. The summed E-state index contributed by atoms with van der Waals surface area (Å²) in [7, 11) is 0. The van der Waals surface area contributed by atoms with E-state index in [0.29, 0.717) is 22.4 Å². The highest BCUT2D eigenvalue weighted by Crippen LogP contribution is 2.42. The molecular weight excluding hydrogens is 522 g/mol. The zero-order valence-corrected chi connectivity index (χ0v) is 23.1. The van der Waals surface area contributed by atoms with E-state index in [0.717, 1.165) is 61.0 Å². The van der Waals surface area contributed by atoms with E-state index in [1.807, 2.05) is 70.7 Å². The molecule has 0 unspecified atom stereocenters. The number of pyridine rings is 1. The lowest BCUT2D eigenvalue weighted by Crippen LogP contribution is -2.48. The van der Waals surface area contributed by atoms with Gasteiger partial charge in [-0.3, -0.25) is 14.3 Å². The third-order valence-corrected chi connectivity index (χ3v) is 9.45. The van der Waals surface area contributed by atoms with Crippen molar-refractivity contribution in [3.63, 3.8) is 0 Å². The van der Waals surface area contributed by atoms with E-state index in [-0.39, 0.29) is 11.8 Å². The molecule has 0 saturated carbocycles. The SMILES string of the molecule is O=C(Cn1ccc2ccc(-n3cc4cccc(Cl)c4c3O)cc21)N1CCC2(CC1)CCN(c1ccncc1)CC2. The van der Waals surface area contributed by atoms with Crippen LogP contribution in [0.5, 0.6) is 5.88 Å². The molecule has 2 aliphatic heterocycles. The molecule has 7 rings (SSSR count). The summed E-state index contributed by atoms with van der Waals surface area (Å²) in [6, 6.07) is 17.8. The first-order chi connectivity index (χ1) is 19.5. The Hall–Kier alpha value is -3.97. The topological polar surface area (TPSA) is 66.5 Å². The molecule has 2 aliphatic rings. The average Bonchev–Trinajstić information content (AvgIpc) is 3.55. The number of piperidine rings is 2. The molecule has 1 N–H and O–H groups in total. The minimum Gasteiger partial charge on any atom is -0.494 e. The molecule has 204 valence electrons. The van der Waals surface area contributed by atoms with Crippen LogP contribution in [0.3, 0.4) is 0 Å². The maximum Gasteiger partial charge on any atom is 0.242 e. The number of amides is 1. The lowest BCUT2D eigenvalue weighted by Gasteiger charge is -2.47. The predicted octanol–water partition coefficient (Wildman–Crippen LogP) is 6.25. The first-order valence-corrected chi connectivity index (χ1v) is 14.4. The van der Waals surface area contributed by atoms with Crippen LogP contribution >= 0.6 is 11.6 Å². The van der Waals surface area contributed by atoms with E-state index in [9.17, 15) is 9.90 Å². The molecule has 0 radical (unpaired) electrons. The fourth-order valence-corrected chi connectivity index (χ4v) is 6.90. The van der Waals surface area contributed by atoms with Crippen molar-refractivity contribution >= 4 is 44.9 Å². The number of benzene rings is 2. The van der Waals surface area contributed by atoms with Gasteiger partial charge in [-0.15, -0.1) is 0 Å². The predicted molar refractivity (Wildman–Crippen MR) is 159 cm³/mol. The molecular formula is C32H32ClN5O2. The Morgan fingerprint density at radius 3 is 2.40 bits per heavy atom. The molecule has 7 nitrogen and oxygen atoms in total. The fourth-order valence-electron chi connectivity index (χ4n) is 6.63. The van der Waals surface area contributed by atoms with E-state index in [4.69, 9.17) is 11.6 Å². The standard InChI is InChI=1S/C32H32ClN5O2/c33-27-3-1-2-24-21-38(31(40)30(24)27)26-5-4-23-8-15-37(28(23)20-26)22-29(39)36-18-11-32(12-19-36)9-16-35(17-10-32)25-6-13-34-14-7-25/h1-8,13-15,20-21,40H,9-12,16-19,22H2. The van der Waals surface area contributed by atoms with Crippen LogP contribution in [-0.2, 0) is 11.3 Å². The van der Waals surface area contributed by atoms with E-state index in [2.05, 4.69) is 22.0 Å². The monoisotopic (exact) mass is 553 g/mol. The Kier molecular flexibility index (Phi) is 6.19. The van der Waals surface area contributed by atoms with Crippen molar-refractivity contribution in [1.82, 2.24) is 19.0 Å². The normalized spacial score (nSPS) is 17.2. The molecule has 2 aromatic carbocycles. The minimum absolute atomic E-state index is 0.114. The highest BCUT2D eigenvalue weighted by atomic mass is 35.5. The van der Waals surface area contributed by atoms with Crippen LogP contribution in [0, 0.1) is 5.41 Å². The maximum atomic E-state index is 13.4. The molecule has 0 bridgehead atoms. The molecule has 1 amide bonds. The molecule has 40 heavy (non-hydrogen) atoms. The van der Waals surface area contributed by atoms with Crippen LogP contribution in [0.15, 0.2) is 79.4 Å².